The Labute approximate surface area is 123 Å². The first-order valence-electron chi connectivity index (χ1n) is 6.58. The number of hydrogen-bond donors (Lipinski definition) is 2. The van der Waals surface area contributed by atoms with Gasteiger partial charge >= 0.3 is 6.09 Å². The summed E-state index contributed by atoms with van der Waals surface area (Å²) in [6.07, 6.45) is 1.67. The standard InChI is InChI=1S/C14H19ClN2O3/c1-14(2,3)20-13(19)17-12-9-7-16-11(15)6-8(9)4-5-10(12)18/h6-7,10,12,18H,4-5H2,1-3H3,(H,17,19)/t10?,12-/m1/s1. The summed E-state index contributed by atoms with van der Waals surface area (Å²) in [4.78, 5) is 15.9. The molecule has 1 heterocycles. The van der Waals surface area contributed by atoms with E-state index in [1.165, 1.54) is 0 Å². The second kappa shape index (κ2) is 5.58. The number of fused-ring (bicyclic) bond motifs is 1. The summed E-state index contributed by atoms with van der Waals surface area (Å²) < 4.78 is 5.22. The summed E-state index contributed by atoms with van der Waals surface area (Å²) in [6.45, 7) is 5.37. The summed E-state index contributed by atoms with van der Waals surface area (Å²) in [5.74, 6) is 0. The molecule has 5 nitrogen and oxygen atoms in total. The molecule has 1 unspecified atom stereocenters. The van der Waals surface area contributed by atoms with Crippen molar-refractivity contribution < 1.29 is 14.6 Å². The molecule has 1 aliphatic rings. The summed E-state index contributed by atoms with van der Waals surface area (Å²) in [7, 11) is 0. The average Bonchev–Trinajstić information content (AvgIpc) is 2.30. The van der Waals surface area contributed by atoms with Gasteiger partial charge in [0.2, 0.25) is 0 Å². The van der Waals surface area contributed by atoms with Crippen molar-refractivity contribution in [1.82, 2.24) is 10.3 Å². The van der Waals surface area contributed by atoms with Crippen molar-refractivity contribution >= 4 is 17.7 Å². The highest BCUT2D eigenvalue weighted by Crippen LogP contribution is 2.31. The molecule has 1 aromatic heterocycles. The fourth-order valence-corrected chi connectivity index (χ4v) is 2.44. The van der Waals surface area contributed by atoms with Crippen molar-refractivity contribution in [2.75, 3.05) is 0 Å². The zero-order valence-corrected chi connectivity index (χ0v) is 12.6. The number of rotatable bonds is 1. The lowest BCUT2D eigenvalue weighted by atomic mass is 9.87. The summed E-state index contributed by atoms with van der Waals surface area (Å²) in [5, 5.41) is 13.2. The average molecular weight is 299 g/mol. The minimum atomic E-state index is -0.655. The van der Waals surface area contributed by atoms with Crippen molar-refractivity contribution in [1.29, 1.82) is 0 Å². The van der Waals surface area contributed by atoms with Crippen LogP contribution in [0.4, 0.5) is 4.79 Å². The Morgan fingerprint density at radius 1 is 1.55 bits per heavy atom. The first-order valence-corrected chi connectivity index (χ1v) is 6.96. The summed E-state index contributed by atoms with van der Waals surface area (Å²) >= 11 is 5.87. The molecule has 0 bridgehead atoms. The number of aryl methyl sites for hydroxylation is 1. The third-order valence-electron chi connectivity index (χ3n) is 3.09. The Balaban J connectivity index is 2.17. The monoisotopic (exact) mass is 298 g/mol. The van der Waals surface area contributed by atoms with Crippen LogP contribution in [-0.2, 0) is 11.2 Å². The van der Waals surface area contributed by atoms with E-state index in [0.717, 1.165) is 11.1 Å². The second-order valence-electron chi connectivity index (χ2n) is 5.94. The molecule has 2 N–H and O–H groups in total. The highest BCUT2D eigenvalue weighted by atomic mass is 35.5. The van der Waals surface area contributed by atoms with E-state index in [0.29, 0.717) is 18.0 Å². The van der Waals surface area contributed by atoms with Gasteiger partial charge in [-0.25, -0.2) is 9.78 Å². The largest absolute Gasteiger partial charge is 0.444 e. The molecule has 2 rings (SSSR count). The van der Waals surface area contributed by atoms with Crippen LogP contribution >= 0.6 is 11.6 Å². The molecule has 0 aliphatic heterocycles. The molecule has 6 heteroatoms. The number of ether oxygens (including phenoxy) is 1. The molecule has 0 saturated carbocycles. The van der Waals surface area contributed by atoms with E-state index in [4.69, 9.17) is 16.3 Å². The van der Waals surface area contributed by atoms with E-state index in [9.17, 15) is 9.90 Å². The predicted molar refractivity (Wildman–Crippen MR) is 75.7 cm³/mol. The van der Waals surface area contributed by atoms with Crippen molar-refractivity contribution in [2.24, 2.45) is 0 Å². The second-order valence-corrected chi connectivity index (χ2v) is 6.32. The number of aromatic nitrogens is 1. The molecule has 110 valence electrons. The minimum absolute atomic E-state index is 0.413. The Morgan fingerprint density at radius 3 is 2.90 bits per heavy atom. The highest BCUT2D eigenvalue weighted by molar-refractivity contribution is 6.29. The van der Waals surface area contributed by atoms with Crippen LogP contribution in [0.5, 0.6) is 0 Å². The minimum Gasteiger partial charge on any atom is -0.444 e. The Hall–Kier alpha value is -1.33. The molecule has 0 fully saturated rings. The molecule has 0 saturated heterocycles. The van der Waals surface area contributed by atoms with Gasteiger partial charge in [0.25, 0.3) is 0 Å². The smallest absolute Gasteiger partial charge is 0.408 e. The molecule has 2 atom stereocenters. The lowest BCUT2D eigenvalue weighted by Crippen LogP contribution is -2.41. The van der Waals surface area contributed by atoms with Crippen LogP contribution in [0.3, 0.4) is 0 Å². The topological polar surface area (TPSA) is 71.5 Å². The molecule has 0 aromatic carbocycles. The van der Waals surface area contributed by atoms with Gasteiger partial charge in [0.15, 0.2) is 0 Å². The van der Waals surface area contributed by atoms with E-state index in [-0.39, 0.29) is 0 Å². The zero-order valence-electron chi connectivity index (χ0n) is 11.8. The number of carbonyl (C=O) groups is 1. The quantitative estimate of drug-likeness (QED) is 0.782. The van der Waals surface area contributed by atoms with E-state index in [1.54, 1.807) is 33.0 Å². The summed E-state index contributed by atoms with van der Waals surface area (Å²) in [5.41, 5.74) is 1.21. The molecule has 1 amide bonds. The number of alkyl carbamates (subject to hydrolysis) is 1. The zero-order chi connectivity index (χ0) is 14.9. The maximum atomic E-state index is 11.9. The number of hydrogen-bond acceptors (Lipinski definition) is 4. The number of amides is 1. The van der Waals surface area contributed by atoms with Gasteiger partial charge in [0.1, 0.15) is 10.8 Å². The maximum absolute atomic E-state index is 11.9. The number of aliphatic hydroxyl groups excluding tert-OH is 1. The van der Waals surface area contributed by atoms with Crippen LogP contribution in [0, 0.1) is 0 Å². The van der Waals surface area contributed by atoms with Crippen LogP contribution in [0.2, 0.25) is 5.15 Å². The van der Waals surface area contributed by atoms with Crippen LogP contribution < -0.4 is 5.32 Å². The van der Waals surface area contributed by atoms with Gasteiger partial charge < -0.3 is 15.2 Å². The number of pyridine rings is 1. The van der Waals surface area contributed by atoms with Gasteiger partial charge in [-0.15, -0.1) is 0 Å². The van der Waals surface area contributed by atoms with E-state index in [2.05, 4.69) is 10.3 Å². The summed E-state index contributed by atoms with van der Waals surface area (Å²) in [6, 6.07) is 1.25. The number of halogens is 1. The van der Waals surface area contributed by atoms with Crippen molar-refractivity contribution in [3.05, 3.63) is 28.5 Å². The predicted octanol–water partition coefficient (Wildman–Crippen LogP) is 2.61. The Morgan fingerprint density at radius 2 is 2.25 bits per heavy atom. The number of nitrogens with zero attached hydrogens (tertiary/aromatic N) is 1. The van der Waals surface area contributed by atoms with Gasteiger partial charge in [-0.1, -0.05) is 11.6 Å². The van der Waals surface area contributed by atoms with Gasteiger partial charge in [-0.2, -0.15) is 0 Å². The third-order valence-corrected chi connectivity index (χ3v) is 3.30. The van der Waals surface area contributed by atoms with Crippen LogP contribution in [0.1, 0.15) is 44.4 Å². The van der Waals surface area contributed by atoms with E-state index < -0.39 is 23.8 Å². The van der Waals surface area contributed by atoms with Crippen LogP contribution in [-0.4, -0.2) is 27.9 Å². The van der Waals surface area contributed by atoms with Gasteiger partial charge in [-0.05, 0) is 50.8 Å². The first kappa shape index (κ1) is 15.1. The Bertz CT molecular complexity index is 514. The SMILES string of the molecule is CC(C)(C)OC(=O)N[C@@H]1c2cnc(Cl)cc2CCC1O. The van der Waals surface area contributed by atoms with E-state index >= 15 is 0 Å². The van der Waals surface area contributed by atoms with Gasteiger partial charge in [0, 0.05) is 6.20 Å². The molecule has 1 aliphatic carbocycles. The van der Waals surface area contributed by atoms with Crippen molar-refractivity contribution in [3.8, 4) is 0 Å². The van der Waals surface area contributed by atoms with Crippen molar-refractivity contribution in [3.63, 3.8) is 0 Å². The lowest BCUT2D eigenvalue weighted by molar-refractivity contribution is 0.0399. The van der Waals surface area contributed by atoms with Gasteiger partial charge in [-0.3, -0.25) is 0 Å². The van der Waals surface area contributed by atoms with Crippen molar-refractivity contribution in [2.45, 2.75) is 51.4 Å². The Kier molecular flexibility index (Phi) is 4.20. The molecule has 0 spiro atoms. The van der Waals surface area contributed by atoms with E-state index in [1.807, 2.05) is 0 Å². The normalized spacial score (nSPS) is 22.1. The number of carbonyl (C=O) groups excluding carboxylic acids is 1. The number of nitrogens with one attached hydrogen (secondary N) is 1. The third kappa shape index (κ3) is 3.61. The maximum Gasteiger partial charge on any atom is 0.408 e. The molecular weight excluding hydrogens is 280 g/mol. The van der Waals surface area contributed by atoms with Crippen LogP contribution in [0.25, 0.3) is 0 Å². The molecule has 20 heavy (non-hydrogen) atoms. The lowest BCUT2D eigenvalue weighted by Gasteiger charge is -2.31. The molecule has 1 aromatic rings. The molecule has 0 radical (unpaired) electrons. The first-order chi connectivity index (χ1) is 9.26. The van der Waals surface area contributed by atoms with Gasteiger partial charge in [0.05, 0.1) is 12.1 Å². The fourth-order valence-electron chi connectivity index (χ4n) is 2.26. The highest BCUT2D eigenvalue weighted by Gasteiger charge is 2.31. The molecular formula is C14H19ClN2O3. The fraction of sp³-hybridized carbons (Fsp3) is 0.571. The number of aliphatic hydroxyl groups is 1. The van der Waals surface area contributed by atoms with Crippen LogP contribution in [0.15, 0.2) is 12.3 Å².